The molecular weight excluding hydrogens is 328 g/mol. The molecule has 140 valence electrons. The molecule has 7 nitrogen and oxygen atoms in total. The first-order valence-corrected chi connectivity index (χ1v) is 8.55. The van der Waals surface area contributed by atoms with Gasteiger partial charge in [-0.05, 0) is 33.1 Å². The van der Waals surface area contributed by atoms with E-state index < -0.39 is 35.8 Å². The molecule has 1 saturated carbocycles. The average Bonchev–Trinajstić information content (AvgIpc) is 2.55. The average molecular weight is 354 g/mol. The van der Waals surface area contributed by atoms with E-state index in [-0.39, 0.29) is 31.0 Å². The van der Waals surface area contributed by atoms with E-state index in [0.29, 0.717) is 19.3 Å². The second kappa shape index (κ2) is 9.96. The molecule has 0 amide bonds. The van der Waals surface area contributed by atoms with Crippen LogP contribution in [-0.4, -0.2) is 43.0 Å². The van der Waals surface area contributed by atoms with Gasteiger partial charge in [0.15, 0.2) is 0 Å². The monoisotopic (exact) mass is 354 g/mol. The topological polar surface area (TPSA) is 96.0 Å². The van der Waals surface area contributed by atoms with E-state index in [1.165, 1.54) is 6.92 Å². The van der Waals surface area contributed by atoms with E-state index in [1.54, 1.807) is 13.8 Å². The zero-order chi connectivity index (χ0) is 19.0. The van der Waals surface area contributed by atoms with E-state index >= 15 is 0 Å². The lowest BCUT2D eigenvalue weighted by Gasteiger charge is -2.29. The van der Waals surface area contributed by atoms with Gasteiger partial charge in [0, 0.05) is 12.8 Å². The summed E-state index contributed by atoms with van der Waals surface area (Å²) in [5.74, 6) is -3.31. The molecule has 1 rings (SSSR count). The molecule has 7 heteroatoms. The normalized spacial score (nSPS) is 21.2. The molecule has 25 heavy (non-hydrogen) atoms. The molecule has 0 spiro atoms. The summed E-state index contributed by atoms with van der Waals surface area (Å²) < 4.78 is 15.0. The predicted octanol–water partition coefficient (Wildman–Crippen LogP) is 1.98. The van der Waals surface area contributed by atoms with Gasteiger partial charge in [-0.3, -0.25) is 14.4 Å². The largest absolute Gasteiger partial charge is 0.465 e. The Hall–Kier alpha value is -2.18. The summed E-state index contributed by atoms with van der Waals surface area (Å²) in [5.41, 5.74) is -0.0110. The van der Waals surface area contributed by atoms with Crippen molar-refractivity contribution in [1.82, 2.24) is 0 Å². The Morgan fingerprint density at radius 3 is 2.36 bits per heavy atom. The quantitative estimate of drug-likeness (QED) is 0.284. The van der Waals surface area contributed by atoms with Crippen LogP contribution in [0, 0.1) is 11.8 Å². The molecule has 0 heterocycles. The number of Topliss-reactive ketones (excluding diaryl/α,β-unsaturated/α-hetero) is 1. The molecule has 3 unspecified atom stereocenters. The van der Waals surface area contributed by atoms with Crippen LogP contribution in [0.25, 0.3) is 0 Å². The van der Waals surface area contributed by atoms with Crippen LogP contribution in [0.4, 0.5) is 0 Å². The molecule has 0 aromatic carbocycles. The van der Waals surface area contributed by atoms with Crippen molar-refractivity contribution < 1.29 is 33.4 Å². The second-order valence-corrected chi connectivity index (χ2v) is 5.91. The van der Waals surface area contributed by atoms with Crippen molar-refractivity contribution in [3.63, 3.8) is 0 Å². The van der Waals surface area contributed by atoms with E-state index in [9.17, 15) is 19.2 Å². The molecule has 0 radical (unpaired) electrons. The molecule has 0 aromatic rings. The second-order valence-electron chi connectivity index (χ2n) is 5.91. The van der Waals surface area contributed by atoms with Crippen molar-refractivity contribution in [2.75, 3.05) is 13.2 Å². The van der Waals surface area contributed by atoms with E-state index in [4.69, 9.17) is 14.2 Å². The van der Waals surface area contributed by atoms with Crippen molar-refractivity contribution in [2.24, 2.45) is 11.8 Å². The molecule has 0 N–H and O–H groups in total. The van der Waals surface area contributed by atoms with Gasteiger partial charge >= 0.3 is 17.9 Å². The van der Waals surface area contributed by atoms with Crippen LogP contribution < -0.4 is 0 Å². The molecule has 0 saturated heterocycles. The highest BCUT2D eigenvalue weighted by Crippen LogP contribution is 2.31. The Bertz CT molecular complexity index is 538. The lowest BCUT2D eigenvalue weighted by molar-refractivity contribution is -0.157. The third kappa shape index (κ3) is 5.99. The van der Waals surface area contributed by atoms with E-state index in [2.05, 4.69) is 6.58 Å². The number of ether oxygens (including phenoxy) is 3. The summed E-state index contributed by atoms with van der Waals surface area (Å²) in [5, 5.41) is 0. The first-order valence-electron chi connectivity index (χ1n) is 8.55. The SMILES string of the molecule is C=C(C(=O)OCC)C(CC1CCCC(C(=O)OCC)C1=O)OC(C)=O. The van der Waals surface area contributed by atoms with Crippen LogP contribution in [0.1, 0.15) is 46.5 Å². The van der Waals surface area contributed by atoms with Crippen molar-refractivity contribution in [1.29, 1.82) is 0 Å². The van der Waals surface area contributed by atoms with Crippen LogP contribution in [0.3, 0.4) is 0 Å². The van der Waals surface area contributed by atoms with E-state index in [1.807, 2.05) is 0 Å². The Labute approximate surface area is 147 Å². The lowest BCUT2D eigenvalue weighted by atomic mass is 9.77. The lowest BCUT2D eigenvalue weighted by Crippen LogP contribution is -2.38. The Balaban J connectivity index is 2.86. The van der Waals surface area contributed by atoms with E-state index in [0.717, 1.165) is 0 Å². The summed E-state index contributed by atoms with van der Waals surface area (Å²) in [4.78, 5) is 47.7. The summed E-state index contributed by atoms with van der Waals surface area (Å²) in [6, 6.07) is 0. The Morgan fingerprint density at radius 1 is 1.16 bits per heavy atom. The third-order valence-electron chi connectivity index (χ3n) is 4.10. The van der Waals surface area contributed by atoms with Crippen molar-refractivity contribution in [3.05, 3.63) is 12.2 Å². The highest BCUT2D eigenvalue weighted by molar-refractivity contribution is 6.00. The number of rotatable bonds is 8. The van der Waals surface area contributed by atoms with Gasteiger partial charge in [0.05, 0.1) is 18.8 Å². The van der Waals surface area contributed by atoms with Crippen molar-refractivity contribution in [3.8, 4) is 0 Å². The third-order valence-corrected chi connectivity index (χ3v) is 4.10. The standard InChI is InChI=1S/C18H26O7/c1-5-23-17(21)11(3)15(25-12(4)19)10-13-8-7-9-14(16(13)20)18(22)24-6-2/h13-15H,3,5-10H2,1-2,4H3. The van der Waals surface area contributed by atoms with Crippen LogP contribution in [0.15, 0.2) is 12.2 Å². The highest BCUT2D eigenvalue weighted by atomic mass is 16.6. The number of hydrogen-bond acceptors (Lipinski definition) is 7. The minimum absolute atomic E-state index is 0.0110. The maximum atomic E-state index is 12.6. The summed E-state index contributed by atoms with van der Waals surface area (Å²) in [6.45, 7) is 8.58. The summed E-state index contributed by atoms with van der Waals surface area (Å²) >= 11 is 0. The van der Waals surface area contributed by atoms with Gasteiger partial charge in [-0.2, -0.15) is 0 Å². The van der Waals surface area contributed by atoms with Crippen molar-refractivity contribution >= 4 is 23.7 Å². The molecule has 1 aliphatic rings. The van der Waals surface area contributed by atoms with Gasteiger partial charge in [-0.15, -0.1) is 0 Å². The van der Waals surface area contributed by atoms with Gasteiger partial charge in [-0.25, -0.2) is 4.79 Å². The zero-order valence-corrected chi connectivity index (χ0v) is 15.0. The molecule has 0 aliphatic heterocycles. The minimum Gasteiger partial charge on any atom is -0.465 e. The molecule has 1 aliphatic carbocycles. The number of esters is 3. The molecular formula is C18H26O7. The Kier molecular flexibility index (Phi) is 8.31. The van der Waals surface area contributed by atoms with Crippen molar-refractivity contribution in [2.45, 2.75) is 52.6 Å². The molecule has 0 bridgehead atoms. The van der Waals surface area contributed by atoms with Crippen LogP contribution in [0.2, 0.25) is 0 Å². The fourth-order valence-corrected chi connectivity index (χ4v) is 2.92. The minimum atomic E-state index is -0.952. The van der Waals surface area contributed by atoms with Gasteiger partial charge in [0.25, 0.3) is 0 Å². The van der Waals surface area contributed by atoms with Gasteiger partial charge in [0.1, 0.15) is 17.8 Å². The first kappa shape index (κ1) is 20.9. The van der Waals surface area contributed by atoms with Gasteiger partial charge in [-0.1, -0.05) is 13.0 Å². The first-order chi connectivity index (χ1) is 11.8. The molecule has 1 fully saturated rings. The number of hydrogen-bond donors (Lipinski definition) is 0. The predicted molar refractivity (Wildman–Crippen MR) is 88.4 cm³/mol. The van der Waals surface area contributed by atoms with Crippen LogP contribution in [-0.2, 0) is 33.4 Å². The fraction of sp³-hybridized carbons (Fsp3) is 0.667. The van der Waals surface area contributed by atoms with Gasteiger partial charge in [0.2, 0.25) is 0 Å². The maximum Gasteiger partial charge on any atom is 0.337 e. The molecule has 3 atom stereocenters. The van der Waals surface area contributed by atoms with Gasteiger partial charge < -0.3 is 14.2 Å². The maximum absolute atomic E-state index is 12.6. The fourth-order valence-electron chi connectivity index (χ4n) is 2.92. The number of ketones is 1. The van der Waals surface area contributed by atoms with Crippen LogP contribution >= 0.6 is 0 Å². The summed E-state index contributed by atoms with van der Waals surface area (Å²) in [7, 11) is 0. The zero-order valence-electron chi connectivity index (χ0n) is 15.0. The highest BCUT2D eigenvalue weighted by Gasteiger charge is 2.39. The summed E-state index contributed by atoms with van der Waals surface area (Å²) in [6.07, 6.45) is 0.838. The van der Waals surface area contributed by atoms with Crippen LogP contribution in [0.5, 0.6) is 0 Å². The smallest absolute Gasteiger partial charge is 0.337 e. The molecule has 0 aromatic heterocycles. The Morgan fingerprint density at radius 2 is 1.80 bits per heavy atom. The number of carbonyl (C=O) groups is 4. The number of carbonyl (C=O) groups excluding carboxylic acids is 4.